The van der Waals surface area contributed by atoms with Gasteiger partial charge in [0.05, 0.1) is 13.2 Å². The van der Waals surface area contributed by atoms with E-state index >= 15 is 0 Å². The lowest BCUT2D eigenvalue weighted by Gasteiger charge is -2.31. The maximum atomic E-state index is 11.3. The molecule has 2 saturated heterocycles. The van der Waals surface area contributed by atoms with Crippen molar-refractivity contribution in [3.05, 3.63) is 0 Å². The van der Waals surface area contributed by atoms with Gasteiger partial charge in [0.25, 0.3) is 6.92 Å². The Morgan fingerprint density at radius 1 is 1.65 bits per heavy atom. The van der Waals surface area contributed by atoms with Crippen molar-refractivity contribution in [1.82, 2.24) is 5.32 Å². The van der Waals surface area contributed by atoms with Crippen molar-refractivity contribution in [2.75, 3.05) is 19.8 Å². The second-order valence-corrected chi connectivity index (χ2v) is 5.37. The molecule has 2 heterocycles. The Morgan fingerprint density at radius 2 is 2.41 bits per heavy atom. The predicted molar refractivity (Wildman–Crippen MR) is 64.0 cm³/mol. The molecule has 6 heteroatoms. The SMILES string of the molecule is CB(O)CCC[C@]12COC[C@H]1CN[C@@H]2C(=O)O. The highest BCUT2D eigenvalue weighted by molar-refractivity contribution is 6.48. The summed E-state index contributed by atoms with van der Waals surface area (Å²) in [5, 5.41) is 21.6. The molecule has 2 aliphatic rings. The molecule has 0 aliphatic carbocycles. The van der Waals surface area contributed by atoms with Gasteiger partial charge < -0.3 is 20.2 Å². The van der Waals surface area contributed by atoms with Gasteiger partial charge >= 0.3 is 5.97 Å². The third-order valence-electron chi connectivity index (χ3n) is 4.16. The molecule has 0 aromatic rings. The lowest BCUT2D eigenvalue weighted by molar-refractivity contribution is -0.142. The highest BCUT2D eigenvalue weighted by atomic mass is 16.5. The van der Waals surface area contributed by atoms with E-state index in [0.717, 1.165) is 25.7 Å². The second-order valence-electron chi connectivity index (χ2n) is 5.37. The Bertz CT molecular complexity index is 299. The molecule has 0 amide bonds. The van der Waals surface area contributed by atoms with E-state index in [1.807, 2.05) is 0 Å². The summed E-state index contributed by atoms with van der Waals surface area (Å²) in [7, 11) is 0. The highest BCUT2D eigenvalue weighted by Crippen LogP contribution is 2.45. The van der Waals surface area contributed by atoms with Crippen LogP contribution < -0.4 is 5.32 Å². The molecule has 2 rings (SSSR count). The van der Waals surface area contributed by atoms with Gasteiger partial charge in [0.15, 0.2) is 0 Å². The number of nitrogens with one attached hydrogen (secondary N) is 1. The molecular formula is C11H20BNO4. The molecule has 2 aliphatic heterocycles. The summed E-state index contributed by atoms with van der Waals surface area (Å²) in [5.41, 5.74) is -0.263. The number of hydrogen-bond donors (Lipinski definition) is 3. The monoisotopic (exact) mass is 241 g/mol. The van der Waals surface area contributed by atoms with Crippen LogP contribution in [0.3, 0.4) is 0 Å². The van der Waals surface area contributed by atoms with Crippen molar-refractivity contribution in [3.8, 4) is 0 Å². The third-order valence-corrected chi connectivity index (χ3v) is 4.16. The fourth-order valence-corrected chi connectivity index (χ4v) is 3.20. The van der Waals surface area contributed by atoms with E-state index in [1.54, 1.807) is 6.82 Å². The van der Waals surface area contributed by atoms with E-state index in [4.69, 9.17) is 4.74 Å². The van der Waals surface area contributed by atoms with E-state index < -0.39 is 12.0 Å². The summed E-state index contributed by atoms with van der Waals surface area (Å²) < 4.78 is 5.49. The predicted octanol–water partition coefficient (Wildman–Crippen LogP) is 0.0694. The molecule has 17 heavy (non-hydrogen) atoms. The summed E-state index contributed by atoms with van der Waals surface area (Å²) in [5.74, 6) is -0.479. The van der Waals surface area contributed by atoms with Crippen LogP contribution in [0.4, 0.5) is 0 Å². The van der Waals surface area contributed by atoms with E-state index in [-0.39, 0.29) is 12.3 Å². The lowest BCUT2D eigenvalue weighted by Crippen LogP contribution is -2.45. The van der Waals surface area contributed by atoms with Crippen molar-refractivity contribution in [3.63, 3.8) is 0 Å². The standard InChI is InChI=1S/C11H20BNO4/c1-12(16)4-2-3-11-7-17-6-8(11)5-13-9(11)10(14)15/h8-9,13,16H,2-7H2,1H3,(H,14,15)/t8-,9-,11+/m1/s1. The Hall–Kier alpha value is -0.585. The van der Waals surface area contributed by atoms with Crippen LogP contribution in [0.2, 0.25) is 13.1 Å². The molecule has 96 valence electrons. The van der Waals surface area contributed by atoms with Gasteiger partial charge in [0.2, 0.25) is 0 Å². The first kappa shape index (κ1) is 12.9. The zero-order valence-corrected chi connectivity index (χ0v) is 10.2. The Morgan fingerprint density at radius 3 is 3.06 bits per heavy atom. The molecule has 0 aromatic carbocycles. The summed E-state index contributed by atoms with van der Waals surface area (Å²) in [4.78, 5) is 11.3. The average molecular weight is 241 g/mol. The second kappa shape index (κ2) is 4.96. The molecule has 0 saturated carbocycles. The van der Waals surface area contributed by atoms with Crippen LogP contribution in [0.25, 0.3) is 0 Å². The van der Waals surface area contributed by atoms with E-state index in [2.05, 4.69) is 5.32 Å². The third kappa shape index (κ3) is 2.34. The molecule has 0 spiro atoms. The van der Waals surface area contributed by atoms with Crippen LogP contribution in [0.15, 0.2) is 0 Å². The fourth-order valence-electron chi connectivity index (χ4n) is 3.20. The first-order chi connectivity index (χ1) is 8.06. The van der Waals surface area contributed by atoms with Crippen LogP contribution in [-0.2, 0) is 9.53 Å². The quantitative estimate of drug-likeness (QED) is 0.593. The Kier molecular flexibility index (Phi) is 3.75. The lowest BCUT2D eigenvalue weighted by atomic mass is 9.64. The van der Waals surface area contributed by atoms with Gasteiger partial charge in [-0.3, -0.25) is 4.79 Å². The van der Waals surface area contributed by atoms with Crippen molar-refractivity contribution in [2.24, 2.45) is 11.3 Å². The fraction of sp³-hybridized carbons (Fsp3) is 0.909. The maximum absolute atomic E-state index is 11.3. The highest BCUT2D eigenvalue weighted by Gasteiger charge is 2.56. The van der Waals surface area contributed by atoms with Crippen molar-refractivity contribution in [2.45, 2.75) is 32.0 Å². The van der Waals surface area contributed by atoms with E-state index in [1.165, 1.54) is 0 Å². The van der Waals surface area contributed by atoms with Crippen LogP contribution in [0.1, 0.15) is 12.8 Å². The van der Waals surface area contributed by atoms with E-state index in [9.17, 15) is 14.9 Å². The van der Waals surface area contributed by atoms with Gasteiger partial charge in [-0.25, -0.2) is 0 Å². The van der Waals surface area contributed by atoms with Gasteiger partial charge in [0, 0.05) is 17.9 Å². The number of rotatable bonds is 5. The molecule has 0 bridgehead atoms. The molecule has 0 aromatic heterocycles. The molecule has 3 N–H and O–H groups in total. The van der Waals surface area contributed by atoms with Gasteiger partial charge in [0.1, 0.15) is 6.04 Å². The zero-order chi connectivity index (χ0) is 12.5. The number of ether oxygens (including phenoxy) is 1. The van der Waals surface area contributed by atoms with Crippen molar-refractivity contribution < 1.29 is 19.7 Å². The average Bonchev–Trinajstić information content (AvgIpc) is 2.73. The summed E-state index contributed by atoms with van der Waals surface area (Å²) in [6.07, 6.45) is 2.39. The van der Waals surface area contributed by atoms with Crippen LogP contribution in [-0.4, -0.2) is 48.8 Å². The summed E-state index contributed by atoms with van der Waals surface area (Å²) in [6, 6.07) is -0.496. The summed E-state index contributed by atoms with van der Waals surface area (Å²) in [6.45, 7) is 3.37. The largest absolute Gasteiger partial charge is 0.480 e. The first-order valence-corrected chi connectivity index (χ1v) is 6.28. The zero-order valence-electron chi connectivity index (χ0n) is 10.2. The minimum Gasteiger partial charge on any atom is -0.480 e. The molecule has 0 unspecified atom stereocenters. The normalized spacial score (nSPS) is 35.9. The molecule has 5 nitrogen and oxygen atoms in total. The topological polar surface area (TPSA) is 78.8 Å². The van der Waals surface area contributed by atoms with E-state index in [0.29, 0.717) is 19.1 Å². The number of hydrogen-bond acceptors (Lipinski definition) is 4. The molecule has 2 fully saturated rings. The number of carboxylic acids is 1. The smallest absolute Gasteiger partial charge is 0.321 e. The van der Waals surface area contributed by atoms with Gasteiger partial charge in [-0.05, 0) is 12.7 Å². The van der Waals surface area contributed by atoms with Gasteiger partial charge in [-0.15, -0.1) is 0 Å². The summed E-state index contributed by atoms with van der Waals surface area (Å²) >= 11 is 0. The van der Waals surface area contributed by atoms with Crippen molar-refractivity contribution in [1.29, 1.82) is 0 Å². The number of carbonyl (C=O) groups is 1. The number of fused-ring (bicyclic) bond motifs is 1. The number of aliphatic carboxylic acids is 1. The first-order valence-electron chi connectivity index (χ1n) is 6.28. The van der Waals surface area contributed by atoms with Gasteiger partial charge in [-0.1, -0.05) is 13.2 Å². The van der Waals surface area contributed by atoms with Crippen molar-refractivity contribution >= 4 is 12.9 Å². The van der Waals surface area contributed by atoms with Crippen LogP contribution >= 0.6 is 0 Å². The molecular weight excluding hydrogens is 221 g/mol. The van der Waals surface area contributed by atoms with Gasteiger partial charge in [-0.2, -0.15) is 0 Å². The minimum atomic E-state index is -0.782. The van der Waals surface area contributed by atoms with Crippen LogP contribution in [0, 0.1) is 11.3 Å². The number of carboxylic acid groups (broad SMARTS) is 1. The maximum Gasteiger partial charge on any atom is 0.321 e. The minimum absolute atomic E-state index is 0.263. The Balaban J connectivity index is 2.03. The Labute approximate surface area is 102 Å². The molecule has 3 atom stereocenters. The van der Waals surface area contributed by atoms with Crippen LogP contribution in [0.5, 0.6) is 0 Å². The molecule has 0 radical (unpaired) electrons.